The van der Waals surface area contributed by atoms with Gasteiger partial charge in [0.25, 0.3) is 0 Å². The van der Waals surface area contributed by atoms with Gasteiger partial charge >= 0.3 is 0 Å². The molecular formula is C13H10F3N. The third-order valence-corrected chi connectivity index (χ3v) is 2.53. The zero-order valence-electron chi connectivity index (χ0n) is 9.10. The van der Waals surface area contributed by atoms with Gasteiger partial charge in [-0.15, -0.1) is 0 Å². The number of hydrogen-bond donors (Lipinski definition) is 1. The molecule has 2 N–H and O–H groups in total. The van der Waals surface area contributed by atoms with Gasteiger partial charge in [-0.25, -0.2) is 13.2 Å². The van der Waals surface area contributed by atoms with Crippen LogP contribution in [0.2, 0.25) is 0 Å². The molecule has 1 nitrogen and oxygen atoms in total. The molecule has 0 unspecified atom stereocenters. The van der Waals surface area contributed by atoms with Crippen LogP contribution in [0, 0.1) is 24.4 Å². The number of anilines is 1. The van der Waals surface area contributed by atoms with Crippen molar-refractivity contribution in [1.29, 1.82) is 0 Å². The molecule has 2 aromatic rings. The van der Waals surface area contributed by atoms with Gasteiger partial charge in [0, 0.05) is 17.3 Å². The summed E-state index contributed by atoms with van der Waals surface area (Å²) in [5.41, 5.74) is 6.80. The third-order valence-electron chi connectivity index (χ3n) is 2.53. The fraction of sp³-hybridized carbons (Fsp3) is 0.0769. The van der Waals surface area contributed by atoms with Crippen molar-refractivity contribution in [1.82, 2.24) is 0 Å². The van der Waals surface area contributed by atoms with Gasteiger partial charge in [-0.2, -0.15) is 0 Å². The Balaban J connectivity index is 2.64. The molecule has 2 aromatic carbocycles. The van der Waals surface area contributed by atoms with Gasteiger partial charge in [0.1, 0.15) is 17.5 Å². The minimum absolute atomic E-state index is 0.134. The summed E-state index contributed by atoms with van der Waals surface area (Å²) in [6.07, 6.45) is 0. The Morgan fingerprint density at radius 3 is 2.06 bits per heavy atom. The second-order valence-electron chi connectivity index (χ2n) is 3.85. The van der Waals surface area contributed by atoms with Crippen molar-refractivity contribution in [3.63, 3.8) is 0 Å². The van der Waals surface area contributed by atoms with Crippen LogP contribution < -0.4 is 5.73 Å². The number of nitrogens with two attached hydrogens (primary N) is 1. The maximum absolute atomic E-state index is 13.7. The van der Waals surface area contributed by atoms with E-state index in [2.05, 4.69) is 0 Å². The summed E-state index contributed by atoms with van der Waals surface area (Å²) in [7, 11) is 0. The molecule has 17 heavy (non-hydrogen) atoms. The summed E-state index contributed by atoms with van der Waals surface area (Å²) in [4.78, 5) is 0. The van der Waals surface area contributed by atoms with E-state index in [4.69, 9.17) is 5.73 Å². The van der Waals surface area contributed by atoms with E-state index < -0.39 is 17.5 Å². The summed E-state index contributed by atoms with van der Waals surface area (Å²) in [6, 6.07) is 5.52. The van der Waals surface area contributed by atoms with Crippen LogP contribution in [0.5, 0.6) is 0 Å². The fourth-order valence-electron chi connectivity index (χ4n) is 1.63. The smallest absolute Gasteiger partial charge is 0.133 e. The lowest BCUT2D eigenvalue weighted by Crippen LogP contribution is -1.94. The van der Waals surface area contributed by atoms with E-state index in [1.54, 1.807) is 6.92 Å². The van der Waals surface area contributed by atoms with E-state index >= 15 is 0 Å². The Kier molecular flexibility index (Phi) is 2.79. The number of rotatable bonds is 1. The maximum Gasteiger partial charge on any atom is 0.133 e. The molecular weight excluding hydrogens is 227 g/mol. The van der Waals surface area contributed by atoms with Crippen LogP contribution in [0.3, 0.4) is 0 Å². The third kappa shape index (κ3) is 2.25. The minimum Gasteiger partial charge on any atom is -0.398 e. The molecule has 2 rings (SSSR count). The number of aryl methyl sites for hydroxylation is 1. The van der Waals surface area contributed by atoms with Gasteiger partial charge in [-0.05, 0) is 42.3 Å². The minimum atomic E-state index is -0.742. The van der Waals surface area contributed by atoms with Gasteiger partial charge in [-0.3, -0.25) is 0 Å². The average Bonchev–Trinajstić information content (AvgIpc) is 2.22. The Morgan fingerprint density at radius 1 is 0.882 bits per heavy atom. The zero-order valence-corrected chi connectivity index (χ0v) is 9.10. The second kappa shape index (κ2) is 4.13. The van der Waals surface area contributed by atoms with E-state index in [0.29, 0.717) is 11.3 Å². The highest BCUT2D eigenvalue weighted by Crippen LogP contribution is 2.28. The molecule has 88 valence electrons. The standard InChI is InChI=1S/C13H10F3N/c1-7-2-11(12(16)6-13(7)17)8-3-9(14)5-10(15)4-8/h2-6H,17H2,1H3. The van der Waals surface area contributed by atoms with Crippen LogP contribution >= 0.6 is 0 Å². The van der Waals surface area contributed by atoms with Crippen molar-refractivity contribution in [3.05, 3.63) is 53.3 Å². The first-order chi connectivity index (χ1) is 7.97. The lowest BCUT2D eigenvalue weighted by Gasteiger charge is -2.07. The number of hydrogen-bond acceptors (Lipinski definition) is 1. The largest absolute Gasteiger partial charge is 0.398 e. The van der Waals surface area contributed by atoms with Crippen LogP contribution in [0.1, 0.15) is 5.56 Å². The summed E-state index contributed by atoms with van der Waals surface area (Å²) < 4.78 is 39.7. The molecule has 0 aliphatic heterocycles. The van der Waals surface area contributed by atoms with Gasteiger partial charge in [-0.1, -0.05) is 0 Å². The highest BCUT2D eigenvalue weighted by atomic mass is 19.1. The van der Waals surface area contributed by atoms with Crippen molar-refractivity contribution in [3.8, 4) is 11.1 Å². The summed E-state index contributed by atoms with van der Waals surface area (Å²) in [5.74, 6) is -2.08. The van der Waals surface area contributed by atoms with Gasteiger partial charge in [0.05, 0.1) is 0 Å². The maximum atomic E-state index is 13.7. The summed E-state index contributed by atoms with van der Waals surface area (Å²) >= 11 is 0. The molecule has 0 heterocycles. The first kappa shape index (κ1) is 11.5. The van der Waals surface area contributed by atoms with E-state index in [-0.39, 0.29) is 11.1 Å². The first-order valence-corrected chi connectivity index (χ1v) is 4.99. The van der Waals surface area contributed by atoms with Crippen molar-refractivity contribution >= 4 is 5.69 Å². The number of nitrogen functional groups attached to an aromatic ring is 1. The Hall–Kier alpha value is -1.97. The average molecular weight is 237 g/mol. The highest BCUT2D eigenvalue weighted by Gasteiger charge is 2.10. The predicted octanol–water partition coefficient (Wildman–Crippen LogP) is 3.66. The molecule has 0 fully saturated rings. The van der Waals surface area contributed by atoms with Crippen LogP contribution in [0.25, 0.3) is 11.1 Å². The van der Waals surface area contributed by atoms with Gasteiger partial charge in [0.2, 0.25) is 0 Å². The Labute approximate surface area is 96.7 Å². The first-order valence-electron chi connectivity index (χ1n) is 4.99. The molecule has 0 aliphatic carbocycles. The fourth-order valence-corrected chi connectivity index (χ4v) is 1.63. The normalized spacial score (nSPS) is 10.6. The van der Waals surface area contributed by atoms with Crippen molar-refractivity contribution in [2.45, 2.75) is 6.92 Å². The van der Waals surface area contributed by atoms with Crippen molar-refractivity contribution in [2.75, 3.05) is 5.73 Å². The number of benzene rings is 2. The SMILES string of the molecule is Cc1cc(-c2cc(F)cc(F)c2)c(F)cc1N. The van der Waals surface area contributed by atoms with Crippen LogP contribution in [-0.2, 0) is 0 Å². The lowest BCUT2D eigenvalue weighted by atomic mass is 10.0. The van der Waals surface area contributed by atoms with E-state index in [9.17, 15) is 13.2 Å². The molecule has 0 aliphatic rings. The molecule has 0 spiro atoms. The van der Waals surface area contributed by atoms with E-state index in [1.165, 1.54) is 6.07 Å². The molecule has 0 atom stereocenters. The monoisotopic (exact) mass is 237 g/mol. The second-order valence-corrected chi connectivity index (χ2v) is 3.85. The topological polar surface area (TPSA) is 26.0 Å². The molecule has 0 saturated carbocycles. The molecule has 4 heteroatoms. The molecule has 0 bridgehead atoms. The van der Waals surface area contributed by atoms with Gasteiger partial charge in [0.15, 0.2) is 0 Å². The molecule has 0 amide bonds. The lowest BCUT2D eigenvalue weighted by molar-refractivity contribution is 0.583. The highest BCUT2D eigenvalue weighted by molar-refractivity contribution is 5.68. The Morgan fingerprint density at radius 2 is 1.47 bits per heavy atom. The molecule has 0 saturated heterocycles. The van der Waals surface area contributed by atoms with Gasteiger partial charge < -0.3 is 5.73 Å². The summed E-state index contributed by atoms with van der Waals surface area (Å²) in [5, 5.41) is 0. The van der Waals surface area contributed by atoms with E-state index in [1.807, 2.05) is 0 Å². The van der Waals surface area contributed by atoms with Crippen LogP contribution in [0.4, 0.5) is 18.9 Å². The predicted molar refractivity (Wildman–Crippen MR) is 60.9 cm³/mol. The number of halogens is 3. The molecule has 0 radical (unpaired) electrons. The zero-order chi connectivity index (χ0) is 12.6. The van der Waals surface area contributed by atoms with Crippen molar-refractivity contribution < 1.29 is 13.2 Å². The van der Waals surface area contributed by atoms with Crippen molar-refractivity contribution in [2.24, 2.45) is 0 Å². The van der Waals surface area contributed by atoms with E-state index in [0.717, 1.165) is 24.3 Å². The summed E-state index contributed by atoms with van der Waals surface area (Å²) in [6.45, 7) is 1.70. The quantitative estimate of drug-likeness (QED) is 0.752. The molecule has 0 aromatic heterocycles. The van der Waals surface area contributed by atoms with Crippen LogP contribution in [0.15, 0.2) is 30.3 Å². The van der Waals surface area contributed by atoms with Crippen LogP contribution in [-0.4, -0.2) is 0 Å². The Bertz CT molecular complexity index is 559.